The van der Waals surface area contributed by atoms with E-state index in [2.05, 4.69) is 32.0 Å². The number of benzene rings is 1. The van der Waals surface area contributed by atoms with Gasteiger partial charge in [-0.2, -0.15) is 23.3 Å². The van der Waals surface area contributed by atoms with Gasteiger partial charge in [0.25, 0.3) is 5.91 Å². The fourth-order valence-electron chi connectivity index (χ4n) is 4.69. The molecule has 1 unspecified atom stereocenters. The molecule has 3 aromatic rings. The van der Waals surface area contributed by atoms with E-state index in [1.165, 1.54) is 4.68 Å². The summed E-state index contributed by atoms with van der Waals surface area (Å²) in [6.45, 7) is 3.54. The summed E-state index contributed by atoms with van der Waals surface area (Å²) in [6, 6.07) is 8.05. The summed E-state index contributed by atoms with van der Waals surface area (Å²) in [5.41, 5.74) is 1.28. The Morgan fingerprint density at radius 2 is 1.83 bits per heavy atom. The second-order valence-corrected chi connectivity index (χ2v) is 9.27. The fourth-order valence-corrected chi connectivity index (χ4v) is 4.69. The molecule has 10 heteroatoms. The Labute approximate surface area is 200 Å². The molecule has 182 valence electrons. The number of nitrogens with zero attached hydrogens (tertiary/aromatic N) is 6. The van der Waals surface area contributed by atoms with Crippen LogP contribution in [0.1, 0.15) is 35.6 Å². The van der Waals surface area contributed by atoms with Crippen LogP contribution in [0.25, 0.3) is 11.8 Å². The fraction of sp³-hybridized carbons (Fsp3) is 0.400. The molecule has 0 aliphatic carbocycles. The van der Waals surface area contributed by atoms with Gasteiger partial charge in [0.15, 0.2) is 11.2 Å². The first-order valence-corrected chi connectivity index (χ1v) is 11.6. The Bertz CT molecular complexity index is 1370. The van der Waals surface area contributed by atoms with E-state index >= 15 is 0 Å². The van der Waals surface area contributed by atoms with Crippen LogP contribution in [0.15, 0.2) is 41.5 Å². The van der Waals surface area contributed by atoms with E-state index in [9.17, 15) is 18.0 Å². The highest BCUT2D eigenvalue weighted by Gasteiger charge is 2.34. The minimum Gasteiger partial charge on any atom is -0.306 e. The first kappa shape index (κ1) is 23.3. The zero-order chi connectivity index (χ0) is 24.7. The van der Waals surface area contributed by atoms with Gasteiger partial charge < -0.3 is 4.90 Å². The van der Waals surface area contributed by atoms with E-state index in [1.54, 1.807) is 37.4 Å². The summed E-state index contributed by atoms with van der Waals surface area (Å²) >= 11 is 0. The molecule has 0 bridgehead atoms. The number of fused-ring (bicyclic) bond motifs is 1. The summed E-state index contributed by atoms with van der Waals surface area (Å²) in [6.07, 6.45) is 1.53. The van der Waals surface area contributed by atoms with Gasteiger partial charge in [0.05, 0.1) is 11.6 Å². The highest BCUT2D eigenvalue weighted by Crippen LogP contribution is 2.29. The molecule has 0 N–H and O–H groups in total. The summed E-state index contributed by atoms with van der Waals surface area (Å²) in [4.78, 5) is 28.2. The minimum absolute atomic E-state index is 0.145. The van der Waals surface area contributed by atoms with Gasteiger partial charge in [0.1, 0.15) is 5.82 Å². The first-order valence-electron chi connectivity index (χ1n) is 11.6. The van der Waals surface area contributed by atoms with Gasteiger partial charge in [-0.05, 0) is 69.6 Å². The Balaban J connectivity index is 1.33. The number of likely N-dealkylation sites (tertiary alicyclic amines) is 1. The zero-order valence-electron chi connectivity index (χ0n) is 19.5. The van der Waals surface area contributed by atoms with Gasteiger partial charge in [0, 0.05) is 23.5 Å². The molecule has 1 atom stereocenters. The maximum Gasteiger partial charge on any atom is 0.435 e. The van der Waals surface area contributed by atoms with Crippen LogP contribution in [0.2, 0.25) is 0 Å². The minimum atomic E-state index is -4.49. The molecule has 4 heterocycles. The Morgan fingerprint density at radius 3 is 2.49 bits per heavy atom. The molecule has 5 rings (SSSR count). The van der Waals surface area contributed by atoms with Crippen LogP contribution in [0.5, 0.6) is 0 Å². The number of hydrogen-bond acceptors (Lipinski definition) is 5. The lowest BCUT2D eigenvalue weighted by molar-refractivity contribution is -0.141. The van der Waals surface area contributed by atoms with Crippen LogP contribution >= 0.6 is 0 Å². The van der Waals surface area contributed by atoms with Crippen molar-refractivity contribution in [1.29, 1.82) is 0 Å². The maximum atomic E-state index is 13.0. The molecule has 1 fully saturated rings. The second kappa shape index (κ2) is 8.99. The molecule has 2 aromatic heterocycles. The smallest absolute Gasteiger partial charge is 0.306 e. The molecular weight excluding hydrogens is 457 g/mol. The van der Waals surface area contributed by atoms with Gasteiger partial charge in [0.2, 0.25) is 0 Å². The standard InChI is InChI=1S/C25H25F3N6O/c1-15-11-21(25(26,27)28)32-34(15)19-5-3-16(4-6-19)12-22-29-14-18-13-20(24(35)31-23(18)30-22)17-7-9-33(2)10-8-17/h3-6,11,13-14,17,20H,7-10,12H2,1-2H3. The predicted molar refractivity (Wildman–Crippen MR) is 122 cm³/mol. The van der Waals surface area contributed by atoms with E-state index in [0.29, 0.717) is 35.0 Å². The van der Waals surface area contributed by atoms with Crippen LogP contribution in [-0.4, -0.2) is 50.7 Å². The van der Waals surface area contributed by atoms with Gasteiger partial charge in [-0.25, -0.2) is 14.6 Å². The number of hydrogen-bond donors (Lipinski definition) is 0. The first-order chi connectivity index (χ1) is 16.7. The van der Waals surface area contributed by atoms with E-state index in [1.807, 2.05) is 6.08 Å². The molecule has 1 aromatic carbocycles. The molecule has 1 amide bonds. The number of alkyl halides is 3. The number of carbonyl (C=O) groups excluding carboxylic acids is 1. The van der Waals surface area contributed by atoms with Crippen molar-refractivity contribution in [2.24, 2.45) is 16.8 Å². The summed E-state index contributed by atoms with van der Waals surface area (Å²) in [5.74, 6) is 0.448. The molecule has 2 aliphatic heterocycles. The quantitative estimate of drug-likeness (QED) is 0.571. The van der Waals surface area contributed by atoms with E-state index in [-0.39, 0.29) is 11.8 Å². The van der Waals surface area contributed by atoms with Crippen molar-refractivity contribution in [1.82, 2.24) is 24.6 Å². The van der Waals surface area contributed by atoms with Gasteiger partial charge in [-0.15, -0.1) is 0 Å². The van der Waals surface area contributed by atoms with Crippen LogP contribution in [0.3, 0.4) is 0 Å². The summed E-state index contributed by atoms with van der Waals surface area (Å²) in [7, 11) is 2.09. The van der Waals surface area contributed by atoms with E-state index in [4.69, 9.17) is 0 Å². The largest absolute Gasteiger partial charge is 0.435 e. The normalized spacial score (nSPS) is 19.2. The number of halogens is 3. The monoisotopic (exact) mass is 482 g/mol. The molecule has 0 spiro atoms. The lowest BCUT2D eigenvalue weighted by Gasteiger charge is -2.32. The van der Waals surface area contributed by atoms with E-state index < -0.39 is 11.9 Å². The predicted octanol–water partition coefficient (Wildman–Crippen LogP) is 2.48. The van der Waals surface area contributed by atoms with Gasteiger partial charge in [-0.3, -0.25) is 4.79 Å². The number of amides is 1. The molecule has 0 saturated carbocycles. The van der Waals surface area contributed by atoms with Crippen LogP contribution in [0, 0.1) is 18.8 Å². The molecule has 35 heavy (non-hydrogen) atoms. The van der Waals surface area contributed by atoms with Crippen LogP contribution in [0.4, 0.5) is 13.2 Å². The van der Waals surface area contributed by atoms with Crippen molar-refractivity contribution in [3.05, 3.63) is 70.0 Å². The third-order valence-corrected chi connectivity index (χ3v) is 6.70. The summed E-state index contributed by atoms with van der Waals surface area (Å²) in [5, 5.41) is 4.46. The highest BCUT2D eigenvalue weighted by molar-refractivity contribution is 5.86. The molecule has 0 radical (unpaired) electrons. The van der Waals surface area contributed by atoms with Crippen molar-refractivity contribution in [2.45, 2.75) is 32.4 Å². The van der Waals surface area contributed by atoms with Crippen LogP contribution in [-0.2, 0) is 17.4 Å². The highest BCUT2D eigenvalue weighted by atomic mass is 19.4. The molecule has 2 aliphatic rings. The lowest BCUT2D eigenvalue weighted by Crippen LogP contribution is -2.42. The number of aryl methyl sites for hydroxylation is 1. The number of aromatic nitrogens is 4. The van der Waals surface area contributed by atoms with Crippen molar-refractivity contribution >= 4 is 12.0 Å². The molecule has 1 saturated heterocycles. The Morgan fingerprint density at radius 1 is 1.11 bits per heavy atom. The van der Waals surface area contributed by atoms with Gasteiger partial charge >= 0.3 is 6.18 Å². The Hall–Kier alpha value is -3.40. The molecule has 7 nitrogen and oxygen atoms in total. The number of carbonyl (C=O) groups is 1. The average Bonchev–Trinajstić information content (AvgIpc) is 3.22. The van der Waals surface area contributed by atoms with Crippen molar-refractivity contribution in [3.63, 3.8) is 0 Å². The number of rotatable bonds is 4. The SMILES string of the molecule is Cc1cc(C(F)(F)F)nn1-c1ccc(Cc2ncc3c(n2)=NC(=O)C(C2CCN(C)CC2)C=3)cc1. The van der Waals surface area contributed by atoms with Crippen molar-refractivity contribution in [2.75, 3.05) is 20.1 Å². The number of piperidine rings is 1. The third-order valence-electron chi connectivity index (χ3n) is 6.70. The zero-order valence-corrected chi connectivity index (χ0v) is 19.5. The average molecular weight is 483 g/mol. The topological polar surface area (TPSA) is 76.3 Å². The maximum absolute atomic E-state index is 13.0. The molecular formula is C25H25F3N6O. The lowest BCUT2D eigenvalue weighted by atomic mass is 9.83. The van der Waals surface area contributed by atoms with Crippen molar-refractivity contribution < 1.29 is 18.0 Å². The van der Waals surface area contributed by atoms with Gasteiger partial charge in [-0.1, -0.05) is 18.2 Å². The second-order valence-electron chi connectivity index (χ2n) is 9.27. The van der Waals surface area contributed by atoms with Crippen LogP contribution < -0.4 is 10.7 Å². The Kier molecular flexibility index (Phi) is 6.00. The van der Waals surface area contributed by atoms with Crippen molar-refractivity contribution in [3.8, 4) is 5.69 Å². The summed E-state index contributed by atoms with van der Waals surface area (Å²) < 4.78 is 40.1. The third kappa shape index (κ3) is 4.88. The van der Waals surface area contributed by atoms with E-state index in [0.717, 1.165) is 42.8 Å².